The number of hydrogen-bond donors (Lipinski definition) is 1. The van der Waals surface area contributed by atoms with E-state index in [0.717, 1.165) is 0 Å². The van der Waals surface area contributed by atoms with Crippen LogP contribution in [0.15, 0.2) is 17.3 Å². The summed E-state index contributed by atoms with van der Waals surface area (Å²) >= 11 is 5.95. The van der Waals surface area contributed by atoms with Crippen LogP contribution in [0.3, 0.4) is 0 Å². The van der Waals surface area contributed by atoms with Crippen molar-refractivity contribution in [1.29, 1.82) is 0 Å². The number of carbonyl (C=O) groups excluding carboxylic acids is 1. The van der Waals surface area contributed by atoms with E-state index in [1.807, 2.05) is 26.8 Å². The molecule has 21 heavy (non-hydrogen) atoms. The summed E-state index contributed by atoms with van der Waals surface area (Å²) in [6.07, 6.45) is 4.82. The van der Waals surface area contributed by atoms with E-state index in [1.165, 1.54) is 0 Å². The fourth-order valence-corrected chi connectivity index (χ4v) is 2.90. The van der Waals surface area contributed by atoms with Crippen LogP contribution in [0.2, 0.25) is 0 Å². The molecule has 1 fully saturated rings. The number of likely N-dealkylation sites (tertiary alicyclic amines) is 1. The van der Waals surface area contributed by atoms with Crippen molar-refractivity contribution in [1.82, 2.24) is 4.90 Å². The zero-order chi connectivity index (χ0) is 15.7. The average molecular weight is 315 g/mol. The number of aliphatic imine (C=N–C) groups is 1. The Bertz CT molecular complexity index is 460. The second-order valence-corrected chi connectivity index (χ2v) is 7.16. The van der Waals surface area contributed by atoms with Crippen molar-refractivity contribution in [3.05, 3.63) is 12.3 Å². The first-order valence-electron chi connectivity index (χ1n) is 7.29. The van der Waals surface area contributed by atoms with Gasteiger partial charge in [0.1, 0.15) is 10.8 Å². The SMILES string of the molecule is CC(C)(C)OC(=O)N1CCC(O)(C2C=CN=C(Cl)C2)CC1. The molecule has 0 saturated carbocycles. The van der Waals surface area contributed by atoms with Gasteiger partial charge in [-0.05, 0) is 33.6 Å². The molecule has 0 aromatic rings. The molecule has 0 aromatic heterocycles. The molecule has 1 unspecified atom stereocenters. The maximum absolute atomic E-state index is 12.0. The van der Waals surface area contributed by atoms with Gasteiger partial charge in [0.15, 0.2) is 0 Å². The van der Waals surface area contributed by atoms with Crippen LogP contribution in [0.25, 0.3) is 0 Å². The predicted molar refractivity (Wildman–Crippen MR) is 82.5 cm³/mol. The van der Waals surface area contributed by atoms with Crippen LogP contribution >= 0.6 is 11.6 Å². The van der Waals surface area contributed by atoms with E-state index >= 15 is 0 Å². The monoisotopic (exact) mass is 314 g/mol. The molecule has 2 rings (SSSR count). The van der Waals surface area contributed by atoms with Gasteiger partial charge in [0.2, 0.25) is 0 Å². The largest absolute Gasteiger partial charge is 0.444 e. The molecule has 2 aliphatic heterocycles. The molecule has 0 aromatic carbocycles. The summed E-state index contributed by atoms with van der Waals surface area (Å²) in [5, 5.41) is 11.3. The van der Waals surface area contributed by atoms with Gasteiger partial charge in [-0.15, -0.1) is 0 Å². The molecule has 0 aliphatic carbocycles. The first kappa shape index (κ1) is 16.3. The standard InChI is InChI=1S/C15H23ClN2O3/c1-14(2,3)21-13(19)18-8-5-15(20,6-9-18)11-4-7-17-12(16)10-11/h4,7,11,20H,5-6,8-10H2,1-3H3. The Kier molecular flexibility index (Phi) is 4.63. The summed E-state index contributed by atoms with van der Waals surface area (Å²) in [4.78, 5) is 17.7. The second-order valence-electron chi connectivity index (χ2n) is 6.73. The number of rotatable bonds is 1. The van der Waals surface area contributed by atoms with Crippen molar-refractivity contribution < 1.29 is 14.6 Å². The lowest BCUT2D eigenvalue weighted by atomic mass is 9.77. The number of halogens is 1. The van der Waals surface area contributed by atoms with Crippen LogP contribution < -0.4 is 0 Å². The minimum absolute atomic E-state index is 0.0386. The van der Waals surface area contributed by atoms with E-state index < -0.39 is 11.2 Å². The summed E-state index contributed by atoms with van der Waals surface area (Å²) in [6.45, 7) is 6.52. The molecular weight excluding hydrogens is 292 g/mol. The normalized spacial score (nSPS) is 25.5. The molecular formula is C15H23ClN2O3. The summed E-state index contributed by atoms with van der Waals surface area (Å²) in [7, 11) is 0. The third kappa shape index (κ3) is 4.20. The predicted octanol–water partition coefficient (Wildman–Crippen LogP) is 2.92. The number of carbonyl (C=O) groups is 1. The van der Waals surface area contributed by atoms with Gasteiger partial charge in [0, 0.05) is 31.6 Å². The molecule has 5 nitrogen and oxygen atoms in total. The summed E-state index contributed by atoms with van der Waals surface area (Å²) in [6, 6.07) is 0. The highest BCUT2D eigenvalue weighted by Gasteiger charge is 2.41. The van der Waals surface area contributed by atoms with Gasteiger partial charge in [-0.3, -0.25) is 0 Å². The second kappa shape index (κ2) is 5.97. The molecule has 2 aliphatic rings. The molecule has 2 heterocycles. The lowest BCUT2D eigenvalue weighted by Crippen LogP contribution is -2.51. The first-order valence-corrected chi connectivity index (χ1v) is 7.67. The summed E-state index contributed by atoms with van der Waals surface area (Å²) in [5.41, 5.74) is -1.33. The van der Waals surface area contributed by atoms with Crippen molar-refractivity contribution in [2.24, 2.45) is 10.9 Å². The van der Waals surface area contributed by atoms with Crippen LogP contribution in [0, 0.1) is 5.92 Å². The number of nitrogens with zero attached hydrogens (tertiary/aromatic N) is 2. The number of hydrogen-bond acceptors (Lipinski definition) is 4. The number of amides is 1. The highest BCUT2D eigenvalue weighted by Crippen LogP contribution is 2.35. The van der Waals surface area contributed by atoms with Crippen LogP contribution in [0.1, 0.15) is 40.0 Å². The minimum atomic E-state index is -0.828. The maximum Gasteiger partial charge on any atom is 0.410 e. The lowest BCUT2D eigenvalue weighted by Gasteiger charge is -2.42. The maximum atomic E-state index is 12.0. The van der Waals surface area contributed by atoms with Gasteiger partial charge in [-0.25, -0.2) is 9.79 Å². The van der Waals surface area contributed by atoms with Crippen molar-refractivity contribution in [2.45, 2.75) is 51.2 Å². The highest BCUT2D eigenvalue weighted by atomic mass is 35.5. The Morgan fingerprint density at radius 3 is 2.62 bits per heavy atom. The van der Waals surface area contributed by atoms with Gasteiger partial charge in [0.05, 0.1) is 5.60 Å². The Morgan fingerprint density at radius 1 is 1.48 bits per heavy atom. The molecule has 0 bridgehead atoms. The summed E-state index contributed by atoms with van der Waals surface area (Å²) in [5.74, 6) is -0.0386. The Balaban J connectivity index is 1.92. The van der Waals surface area contributed by atoms with Crippen molar-refractivity contribution in [3.63, 3.8) is 0 Å². The first-order chi connectivity index (χ1) is 9.70. The number of ether oxygens (including phenoxy) is 1. The van der Waals surface area contributed by atoms with Crippen LogP contribution in [0.4, 0.5) is 4.79 Å². The van der Waals surface area contributed by atoms with E-state index in [0.29, 0.717) is 37.5 Å². The van der Waals surface area contributed by atoms with E-state index in [2.05, 4.69) is 4.99 Å². The third-order valence-electron chi connectivity index (χ3n) is 3.89. The van der Waals surface area contributed by atoms with E-state index in [1.54, 1.807) is 11.1 Å². The van der Waals surface area contributed by atoms with Crippen molar-refractivity contribution in [2.75, 3.05) is 13.1 Å². The molecule has 118 valence electrons. The molecule has 1 atom stereocenters. The molecule has 1 N–H and O–H groups in total. The van der Waals surface area contributed by atoms with Crippen molar-refractivity contribution in [3.8, 4) is 0 Å². The fraction of sp³-hybridized carbons (Fsp3) is 0.733. The van der Waals surface area contributed by atoms with E-state index in [9.17, 15) is 9.90 Å². The number of piperidine rings is 1. The van der Waals surface area contributed by atoms with E-state index in [-0.39, 0.29) is 12.0 Å². The molecule has 6 heteroatoms. The van der Waals surface area contributed by atoms with Gasteiger partial charge in [-0.1, -0.05) is 17.7 Å². The van der Waals surface area contributed by atoms with Gasteiger partial charge < -0.3 is 14.7 Å². The van der Waals surface area contributed by atoms with Crippen LogP contribution in [0.5, 0.6) is 0 Å². The van der Waals surface area contributed by atoms with Crippen molar-refractivity contribution >= 4 is 22.9 Å². The Morgan fingerprint density at radius 2 is 2.10 bits per heavy atom. The van der Waals surface area contributed by atoms with Gasteiger partial charge in [0.25, 0.3) is 0 Å². The van der Waals surface area contributed by atoms with Gasteiger partial charge in [-0.2, -0.15) is 0 Å². The smallest absolute Gasteiger partial charge is 0.410 e. The molecule has 0 radical (unpaired) electrons. The minimum Gasteiger partial charge on any atom is -0.444 e. The van der Waals surface area contributed by atoms with Crippen LogP contribution in [-0.2, 0) is 4.74 Å². The zero-order valence-corrected chi connectivity index (χ0v) is 13.6. The highest BCUT2D eigenvalue weighted by molar-refractivity contribution is 6.65. The Hall–Kier alpha value is -1.07. The molecule has 1 saturated heterocycles. The average Bonchev–Trinajstić information content (AvgIpc) is 2.37. The number of aliphatic hydroxyl groups is 1. The zero-order valence-electron chi connectivity index (χ0n) is 12.8. The third-order valence-corrected chi connectivity index (χ3v) is 4.14. The molecule has 0 spiro atoms. The quantitative estimate of drug-likeness (QED) is 0.809. The fourth-order valence-electron chi connectivity index (χ4n) is 2.67. The van der Waals surface area contributed by atoms with E-state index in [4.69, 9.17) is 16.3 Å². The lowest BCUT2D eigenvalue weighted by molar-refractivity contribution is -0.0555. The molecule has 1 amide bonds. The topological polar surface area (TPSA) is 62.1 Å². The van der Waals surface area contributed by atoms with Crippen LogP contribution in [-0.4, -0.2) is 45.6 Å². The van der Waals surface area contributed by atoms with Gasteiger partial charge >= 0.3 is 6.09 Å². The Labute approximate surface area is 130 Å². The summed E-state index contributed by atoms with van der Waals surface area (Å²) < 4.78 is 5.36.